The molecule has 0 aliphatic heterocycles. The second kappa shape index (κ2) is 6.45. The molecule has 0 saturated heterocycles. The molecular weight excluding hydrogens is 364 g/mol. The van der Waals surface area contributed by atoms with Crippen molar-refractivity contribution in [3.63, 3.8) is 0 Å². The number of nitrogens with one attached hydrogen (secondary N) is 1. The number of carbonyl (C=O) groups excluding carboxylic acids is 1. The van der Waals surface area contributed by atoms with Gasteiger partial charge in [0.1, 0.15) is 10.7 Å². The van der Waals surface area contributed by atoms with Gasteiger partial charge in [-0.3, -0.25) is 4.79 Å². The van der Waals surface area contributed by atoms with Crippen molar-refractivity contribution in [2.24, 2.45) is 5.14 Å². The van der Waals surface area contributed by atoms with Gasteiger partial charge in [0.05, 0.1) is 5.56 Å². The Labute approximate surface area is 140 Å². The van der Waals surface area contributed by atoms with Gasteiger partial charge in [-0.2, -0.15) is 13.2 Å². The third-order valence-corrected chi connectivity index (χ3v) is 4.23. The average Bonchev–Trinajstić information content (AvgIpc) is 2.48. The highest BCUT2D eigenvalue weighted by Crippen LogP contribution is 2.29. The summed E-state index contributed by atoms with van der Waals surface area (Å²) in [6.07, 6.45) is -4.53. The topological polar surface area (TPSA) is 89.3 Å². The zero-order valence-electron chi connectivity index (χ0n) is 12.7. The van der Waals surface area contributed by atoms with E-state index in [2.05, 4.69) is 5.32 Å². The van der Waals surface area contributed by atoms with Gasteiger partial charge >= 0.3 is 6.18 Å². The van der Waals surface area contributed by atoms with Crippen LogP contribution >= 0.6 is 0 Å². The zero-order chi connectivity index (χ0) is 19.0. The van der Waals surface area contributed by atoms with Crippen molar-refractivity contribution in [1.82, 2.24) is 0 Å². The van der Waals surface area contributed by atoms with Gasteiger partial charge < -0.3 is 5.32 Å². The van der Waals surface area contributed by atoms with Crippen LogP contribution in [0.4, 0.5) is 23.2 Å². The minimum absolute atomic E-state index is 0.0321. The highest BCUT2D eigenvalue weighted by atomic mass is 32.2. The molecule has 0 bridgehead atoms. The molecular formula is C15H12F4N2O3S. The van der Waals surface area contributed by atoms with Gasteiger partial charge in [0.15, 0.2) is 0 Å². The monoisotopic (exact) mass is 376 g/mol. The lowest BCUT2D eigenvalue weighted by Gasteiger charge is -2.12. The number of primary sulfonamides is 1. The molecule has 0 spiro atoms. The van der Waals surface area contributed by atoms with Gasteiger partial charge in [-0.25, -0.2) is 17.9 Å². The number of halogens is 4. The molecule has 0 unspecified atom stereocenters. The number of carbonyl (C=O) groups is 1. The molecule has 25 heavy (non-hydrogen) atoms. The van der Waals surface area contributed by atoms with E-state index in [1.54, 1.807) is 0 Å². The summed E-state index contributed by atoms with van der Waals surface area (Å²) in [4.78, 5) is 11.3. The molecule has 3 N–H and O–H groups in total. The number of aryl methyl sites for hydroxylation is 1. The van der Waals surface area contributed by atoms with Gasteiger partial charge in [0.25, 0.3) is 5.91 Å². The summed E-state index contributed by atoms with van der Waals surface area (Å²) in [5.74, 6) is -1.86. The highest BCUT2D eigenvalue weighted by molar-refractivity contribution is 7.89. The first-order chi connectivity index (χ1) is 11.4. The molecule has 0 heterocycles. The van der Waals surface area contributed by atoms with Crippen molar-refractivity contribution >= 4 is 21.6 Å². The average molecular weight is 376 g/mol. The summed E-state index contributed by atoms with van der Waals surface area (Å²) in [5, 5.41) is 7.21. The number of anilines is 1. The Bertz CT molecular complexity index is 923. The molecule has 2 aromatic carbocycles. The largest absolute Gasteiger partial charge is 0.416 e. The van der Waals surface area contributed by atoms with E-state index >= 15 is 0 Å². The van der Waals surface area contributed by atoms with Crippen LogP contribution in [0.25, 0.3) is 0 Å². The number of sulfonamides is 1. The predicted molar refractivity (Wildman–Crippen MR) is 81.9 cm³/mol. The SMILES string of the molecule is Cc1cc(F)c(S(N)(=O)=O)cc1NC(=O)c1ccc(C(F)(F)F)cc1. The second-order valence-electron chi connectivity index (χ2n) is 5.17. The molecule has 0 radical (unpaired) electrons. The minimum atomic E-state index is -4.53. The van der Waals surface area contributed by atoms with Gasteiger partial charge in [-0.15, -0.1) is 0 Å². The molecule has 0 aromatic heterocycles. The van der Waals surface area contributed by atoms with E-state index in [1.165, 1.54) is 6.92 Å². The van der Waals surface area contributed by atoms with E-state index in [4.69, 9.17) is 5.14 Å². The van der Waals surface area contributed by atoms with Gasteiger partial charge in [-0.05, 0) is 48.9 Å². The quantitative estimate of drug-likeness (QED) is 0.807. The molecule has 0 aliphatic carbocycles. The first-order valence-electron chi connectivity index (χ1n) is 6.71. The number of rotatable bonds is 3. The lowest BCUT2D eigenvalue weighted by Crippen LogP contribution is -2.17. The molecule has 0 atom stereocenters. The smallest absolute Gasteiger partial charge is 0.322 e. The maximum Gasteiger partial charge on any atom is 0.416 e. The summed E-state index contributed by atoms with van der Waals surface area (Å²) in [6.45, 7) is 1.42. The van der Waals surface area contributed by atoms with Gasteiger partial charge in [0.2, 0.25) is 10.0 Å². The van der Waals surface area contributed by atoms with E-state index in [1.807, 2.05) is 0 Å². The summed E-state index contributed by atoms with van der Waals surface area (Å²) >= 11 is 0. The molecule has 0 fully saturated rings. The van der Waals surface area contributed by atoms with E-state index in [0.717, 1.165) is 36.4 Å². The minimum Gasteiger partial charge on any atom is -0.322 e. The number of hydrogen-bond acceptors (Lipinski definition) is 3. The fourth-order valence-corrected chi connectivity index (χ4v) is 2.62. The first kappa shape index (κ1) is 18.9. The van der Waals surface area contributed by atoms with Crippen molar-refractivity contribution < 1.29 is 30.8 Å². The van der Waals surface area contributed by atoms with Crippen molar-refractivity contribution in [1.29, 1.82) is 0 Å². The fraction of sp³-hybridized carbons (Fsp3) is 0.133. The van der Waals surface area contributed by atoms with Crippen LogP contribution < -0.4 is 10.5 Å². The van der Waals surface area contributed by atoms with Crippen LogP contribution in [-0.4, -0.2) is 14.3 Å². The Morgan fingerprint density at radius 1 is 1.12 bits per heavy atom. The van der Waals surface area contributed by atoms with Crippen LogP contribution in [0.3, 0.4) is 0 Å². The number of hydrogen-bond donors (Lipinski definition) is 2. The highest BCUT2D eigenvalue weighted by Gasteiger charge is 2.30. The Morgan fingerprint density at radius 2 is 1.68 bits per heavy atom. The van der Waals surface area contributed by atoms with Crippen molar-refractivity contribution in [2.45, 2.75) is 18.0 Å². The number of nitrogens with two attached hydrogens (primary N) is 1. The maximum absolute atomic E-state index is 13.7. The third kappa shape index (κ3) is 4.34. The summed E-state index contributed by atoms with van der Waals surface area (Å²) < 4.78 is 73.8. The maximum atomic E-state index is 13.7. The molecule has 0 saturated carbocycles. The standard InChI is InChI=1S/C15H12F4N2O3S/c1-8-6-11(16)13(25(20,23)24)7-12(8)21-14(22)9-2-4-10(5-3-9)15(17,18)19/h2-7H,1H3,(H,21,22)(H2,20,23,24). The summed E-state index contributed by atoms with van der Waals surface area (Å²) in [6, 6.07) is 5.14. The first-order valence-corrected chi connectivity index (χ1v) is 8.26. The number of benzene rings is 2. The molecule has 5 nitrogen and oxygen atoms in total. The number of alkyl halides is 3. The normalized spacial score (nSPS) is 12.1. The molecule has 10 heteroatoms. The van der Waals surface area contributed by atoms with Gasteiger partial charge in [0, 0.05) is 11.3 Å². The van der Waals surface area contributed by atoms with Crippen LogP contribution in [0.15, 0.2) is 41.3 Å². The van der Waals surface area contributed by atoms with Gasteiger partial charge in [-0.1, -0.05) is 0 Å². The van der Waals surface area contributed by atoms with Crippen LogP contribution in [0.1, 0.15) is 21.5 Å². The Kier molecular flexibility index (Phi) is 4.87. The second-order valence-corrected chi connectivity index (χ2v) is 6.70. The summed E-state index contributed by atoms with van der Waals surface area (Å²) in [5.41, 5.74) is -0.826. The molecule has 1 amide bonds. The van der Waals surface area contributed by atoms with Crippen LogP contribution in [0.5, 0.6) is 0 Å². The molecule has 2 aromatic rings. The van der Waals surface area contributed by atoms with Crippen LogP contribution in [0.2, 0.25) is 0 Å². The van der Waals surface area contributed by atoms with E-state index in [0.29, 0.717) is 0 Å². The number of amides is 1. The summed E-state index contributed by atoms with van der Waals surface area (Å²) in [7, 11) is -4.35. The molecule has 0 aliphatic rings. The Morgan fingerprint density at radius 3 is 2.16 bits per heavy atom. The van der Waals surface area contributed by atoms with E-state index in [-0.39, 0.29) is 16.8 Å². The molecule has 134 valence electrons. The van der Waals surface area contributed by atoms with Crippen LogP contribution in [0, 0.1) is 12.7 Å². The van der Waals surface area contributed by atoms with E-state index in [9.17, 15) is 30.8 Å². The predicted octanol–water partition coefficient (Wildman–Crippen LogP) is 3.05. The lowest BCUT2D eigenvalue weighted by molar-refractivity contribution is -0.137. The Hall–Kier alpha value is -2.46. The zero-order valence-corrected chi connectivity index (χ0v) is 13.5. The fourth-order valence-electron chi connectivity index (χ4n) is 2.01. The molecule has 2 rings (SSSR count). The Balaban J connectivity index is 2.32. The van der Waals surface area contributed by atoms with Crippen molar-refractivity contribution in [3.05, 3.63) is 58.9 Å². The van der Waals surface area contributed by atoms with Crippen molar-refractivity contribution in [2.75, 3.05) is 5.32 Å². The lowest BCUT2D eigenvalue weighted by atomic mass is 10.1. The van der Waals surface area contributed by atoms with E-state index < -0.39 is 38.4 Å². The third-order valence-electron chi connectivity index (χ3n) is 3.31. The van der Waals surface area contributed by atoms with Crippen molar-refractivity contribution in [3.8, 4) is 0 Å². The van der Waals surface area contributed by atoms with Crippen LogP contribution in [-0.2, 0) is 16.2 Å².